The zero-order chi connectivity index (χ0) is 16.8. The van der Waals surface area contributed by atoms with Gasteiger partial charge >= 0.3 is 12.1 Å². The Balaban J connectivity index is 2.79. The summed E-state index contributed by atoms with van der Waals surface area (Å²) in [6, 6.07) is 4.34. The Labute approximate surface area is 130 Å². The Morgan fingerprint density at radius 3 is 2.27 bits per heavy atom. The fraction of sp³-hybridized carbons (Fsp3) is 0.286. The molecule has 22 heavy (non-hydrogen) atoms. The van der Waals surface area contributed by atoms with Crippen LogP contribution in [-0.2, 0) is 15.8 Å². The normalized spacial score (nSPS) is 12.1. The Morgan fingerprint density at radius 1 is 1.23 bits per heavy atom. The number of nitrogens with one attached hydrogen (secondary N) is 1. The van der Waals surface area contributed by atoms with Crippen molar-refractivity contribution >= 4 is 30.6 Å². The monoisotopic (exact) mass is 333 g/mol. The number of rotatable bonds is 6. The largest absolute Gasteiger partial charge is 0.481 e. The van der Waals surface area contributed by atoms with Gasteiger partial charge in [-0.15, -0.1) is 0 Å². The average molecular weight is 333 g/mol. The third-order valence-electron chi connectivity index (χ3n) is 2.67. The molecule has 1 amide bonds. The summed E-state index contributed by atoms with van der Waals surface area (Å²) in [5.74, 6) is -1.48. The Hall–Kier alpha value is -1.96. The highest BCUT2D eigenvalue weighted by molar-refractivity contribution is 7.80. The van der Waals surface area contributed by atoms with Crippen molar-refractivity contribution in [3.63, 3.8) is 0 Å². The van der Waals surface area contributed by atoms with Gasteiger partial charge < -0.3 is 10.4 Å². The van der Waals surface area contributed by atoms with Gasteiger partial charge in [0.05, 0.1) is 12.0 Å². The minimum absolute atomic E-state index is 0.0354. The number of carbonyl (C=O) groups excluding carboxylic acids is 1. The predicted molar refractivity (Wildman–Crippen MR) is 78.5 cm³/mol. The lowest BCUT2D eigenvalue weighted by Crippen LogP contribution is -2.27. The lowest BCUT2D eigenvalue weighted by Gasteiger charge is -2.08. The molecule has 2 N–H and O–H groups in total. The molecule has 0 saturated carbocycles. The molecule has 1 aromatic carbocycles. The second-order valence-corrected chi connectivity index (χ2v) is 4.66. The summed E-state index contributed by atoms with van der Waals surface area (Å²) in [6.45, 7) is -0.0354. The van der Waals surface area contributed by atoms with Crippen LogP contribution < -0.4 is 5.32 Å². The standard InChI is InChI=1S/C14H14F3NO3S/c15-14(16,17)11-3-1-9(2-4-11)7-10(8-22)13(21)18-6-5-12(19)20/h1-4,7,22H,5-6,8H2,(H,18,21)(H,19,20)/b10-7-. The highest BCUT2D eigenvalue weighted by atomic mass is 32.1. The lowest BCUT2D eigenvalue weighted by atomic mass is 10.1. The van der Waals surface area contributed by atoms with E-state index in [0.29, 0.717) is 5.56 Å². The third kappa shape index (κ3) is 5.80. The molecule has 8 heteroatoms. The molecule has 0 radical (unpaired) electrons. The molecule has 1 rings (SSSR count). The molecule has 0 aliphatic heterocycles. The summed E-state index contributed by atoms with van der Waals surface area (Å²) >= 11 is 3.99. The summed E-state index contributed by atoms with van der Waals surface area (Å²) in [4.78, 5) is 22.1. The quantitative estimate of drug-likeness (QED) is 0.554. The van der Waals surface area contributed by atoms with Gasteiger partial charge in [0.1, 0.15) is 0 Å². The molecule has 0 aliphatic rings. The van der Waals surface area contributed by atoms with Crippen LogP contribution in [0.15, 0.2) is 29.8 Å². The van der Waals surface area contributed by atoms with Crippen molar-refractivity contribution in [2.75, 3.05) is 12.3 Å². The van der Waals surface area contributed by atoms with Gasteiger partial charge in [0.25, 0.3) is 0 Å². The van der Waals surface area contributed by atoms with E-state index in [4.69, 9.17) is 5.11 Å². The predicted octanol–water partition coefficient (Wildman–Crippen LogP) is 2.61. The second-order valence-electron chi connectivity index (χ2n) is 4.35. The van der Waals surface area contributed by atoms with E-state index in [9.17, 15) is 22.8 Å². The van der Waals surface area contributed by atoms with E-state index >= 15 is 0 Å². The molecule has 0 bridgehead atoms. The van der Waals surface area contributed by atoms with E-state index in [1.54, 1.807) is 0 Å². The van der Waals surface area contributed by atoms with Gasteiger partial charge in [-0.25, -0.2) is 0 Å². The molecule has 0 unspecified atom stereocenters. The average Bonchev–Trinajstić information content (AvgIpc) is 2.43. The molecular weight excluding hydrogens is 319 g/mol. The summed E-state index contributed by atoms with van der Waals surface area (Å²) in [7, 11) is 0. The van der Waals surface area contributed by atoms with E-state index < -0.39 is 23.6 Å². The van der Waals surface area contributed by atoms with Crippen LogP contribution in [0.4, 0.5) is 13.2 Å². The second kappa shape index (κ2) is 7.88. The summed E-state index contributed by atoms with van der Waals surface area (Å²) in [5, 5.41) is 10.9. The molecule has 0 fully saturated rings. The van der Waals surface area contributed by atoms with Crippen molar-refractivity contribution in [2.24, 2.45) is 0 Å². The number of halogens is 3. The molecule has 0 aromatic heterocycles. The van der Waals surface area contributed by atoms with Gasteiger partial charge in [-0.3, -0.25) is 9.59 Å². The Kier molecular flexibility index (Phi) is 6.48. The van der Waals surface area contributed by atoms with Crippen LogP contribution in [-0.4, -0.2) is 29.3 Å². The van der Waals surface area contributed by atoms with Gasteiger partial charge in [-0.05, 0) is 23.8 Å². The van der Waals surface area contributed by atoms with E-state index in [2.05, 4.69) is 17.9 Å². The summed E-state index contributed by atoms with van der Waals surface area (Å²) in [6.07, 6.45) is -3.22. The lowest BCUT2D eigenvalue weighted by molar-refractivity contribution is -0.138. The number of amides is 1. The fourth-order valence-electron chi connectivity index (χ4n) is 1.55. The maximum absolute atomic E-state index is 12.4. The van der Waals surface area contributed by atoms with Crippen LogP contribution in [0.5, 0.6) is 0 Å². The fourth-order valence-corrected chi connectivity index (χ4v) is 1.78. The van der Waals surface area contributed by atoms with Gasteiger partial charge in [0, 0.05) is 17.9 Å². The van der Waals surface area contributed by atoms with Crippen LogP contribution in [0.25, 0.3) is 6.08 Å². The number of benzene rings is 1. The van der Waals surface area contributed by atoms with Crippen LogP contribution in [0.2, 0.25) is 0 Å². The van der Waals surface area contributed by atoms with Crippen molar-refractivity contribution in [2.45, 2.75) is 12.6 Å². The molecule has 0 spiro atoms. The third-order valence-corrected chi connectivity index (χ3v) is 3.01. The number of hydrogen-bond donors (Lipinski definition) is 3. The molecule has 0 heterocycles. The Bertz CT molecular complexity index is 568. The van der Waals surface area contributed by atoms with Crippen molar-refractivity contribution in [1.29, 1.82) is 0 Å². The molecule has 120 valence electrons. The number of carboxylic acid groups (broad SMARTS) is 1. The number of alkyl halides is 3. The van der Waals surface area contributed by atoms with Crippen LogP contribution in [0, 0.1) is 0 Å². The zero-order valence-electron chi connectivity index (χ0n) is 11.4. The van der Waals surface area contributed by atoms with Crippen LogP contribution >= 0.6 is 12.6 Å². The first-order chi connectivity index (χ1) is 10.2. The van der Waals surface area contributed by atoms with Gasteiger partial charge in [-0.2, -0.15) is 25.8 Å². The Morgan fingerprint density at radius 2 is 1.82 bits per heavy atom. The first-order valence-corrected chi connectivity index (χ1v) is 6.86. The molecule has 0 saturated heterocycles. The molecular formula is C14H14F3NO3S. The number of carbonyl (C=O) groups is 2. The summed E-state index contributed by atoms with van der Waals surface area (Å²) in [5.41, 5.74) is -0.123. The molecule has 1 aromatic rings. The van der Waals surface area contributed by atoms with E-state index in [-0.39, 0.29) is 24.3 Å². The zero-order valence-corrected chi connectivity index (χ0v) is 12.2. The van der Waals surface area contributed by atoms with E-state index in [0.717, 1.165) is 12.1 Å². The van der Waals surface area contributed by atoms with Crippen molar-refractivity contribution in [1.82, 2.24) is 5.32 Å². The minimum atomic E-state index is -4.41. The van der Waals surface area contributed by atoms with Crippen molar-refractivity contribution in [3.8, 4) is 0 Å². The summed E-state index contributed by atoms with van der Waals surface area (Å²) < 4.78 is 37.3. The van der Waals surface area contributed by atoms with Crippen molar-refractivity contribution in [3.05, 3.63) is 41.0 Å². The van der Waals surface area contributed by atoms with E-state index in [1.165, 1.54) is 18.2 Å². The first-order valence-electron chi connectivity index (χ1n) is 6.22. The van der Waals surface area contributed by atoms with Gasteiger partial charge in [-0.1, -0.05) is 12.1 Å². The van der Waals surface area contributed by atoms with Crippen molar-refractivity contribution < 1.29 is 27.9 Å². The first kappa shape index (κ1) is 18.1. The van der Waals surface area contributed by atoms with Crippen LogP contribution in [0.1, 0.15) is 17.5 Å². The van der Waals surface area contributed by atoms with Gasteiger partial charge in [0.2, 0.25) is 5.91 Å². The van der Waals surface area contributed by atoms with E-state index in [1.807, 2.05) is 0 Å². The van der Waals surface area contributed by atoms with Gasteiger partial charge in [0.15, 0.2) is 0 Å². The molecule has 4 nitrogen and oxygen atoms in total. The number of carboxylic acids is 1. The molecule has 0 atom stereocenters. The van der Waals surface area contributed by atoms with Crippen LogP contribution in [0.3, 0.4) is 0 Å². The number of hydrogen-bond acceptors (Lipinski definition) is 3. The maximum atomic E-state index is 12.4. The maximum Gasteiger partial charge on any atom is 0.416 e. The SMILES string of the molecule is O=C(O)CCNC(=O)/C(=C\c1ccc(C(F)(F)F)cc1)CS. The smallest absolute Gasteiger partial charge is 0.416 e. The highest BCUT2D eigenvalue weighted by Crippen LogP contribution is 2.29. The minimum Gasteiger partial charge on any atom is -0.481 e. The number of thiol groups is 1. The number of aliphatic carboxylic acids is 1. The highest BCUT2D eigenvalue weighted by Gasteiger charge is 2.29. The molecule has 0 aliphatic carbocycles. The topological polar surface area (TPSA) is 66.4 Å².